The Morgan fingerprint density at radius 3 is 2.82 bits per heavy atom. The molecule has 0 spiro atoms. The molecule has 0 radical (unpaired) electrons. The second kappa shape index (κ2) is 6.24. The maximum absolute atomic E-state index is 10.9. The molecule has 0 fully saturated rings. The third-order valence-corrected chi connectivity index (χ3v) is 3.39. The van der Waals surface area contributed by atoms with Crippen LogP contribution in [-0.2, 0) is 11.3 Å². The Bertz CT molecular complexity index is 819. The van der Waals surface area contributed by atoms with E-state index in [1.54, 1.807) is 17.8 Å². The van der Waals surface area contributed by atoms with Crippen LogP contribution < -0.4 is 5.48 Å². The van der Waals surface area contributed by atoms with Crippen molar-refractivity contribution in [2.24, 2.45) is 0 Å². The zero-order valence-corrected chi connectivity index (χ0v) is 11.8. The van der Waals surface area contributed by atoms with Gasteiger partial charge in [-0.25, -0.2) is 10.5 Å². The lowest BCUT2D eigenvalue weighted by Gasteiger charge is -2.05. The number of amides is 1. The van der Waals surface area contributed by atoms with Crippen LogP contribution in [0, 0.1) is 0 Å². The maximum Gasteiger partial charge on any atom is 0.267 e. The molecule has 0 aliphatic rings. The van der Waals surface area contributed by atoms with Crippen molar-refractivity contribution in [3.63, 3.8) is 0 Å². The number of hydrogen-bond acceptors (Lipinski definition) is 3. The highest BCUT2D eigenvalue weighted by Gasteiger charge is 2.02. The molecule has 0 saturated heterocycles. The molecule has 0 bridgehead atoms. The number of pyridine rings is 1. The van der Waals surface area contributed by atoms with E-state index < -0.39 is 5.91 Å². The van der Waals surface area contributed by atoms with Crippen LogP contribution in [0.2, 0.25) is 0 Å². The highest BCUT2D eigenvalue weighted by Crippen LogP contribution is 2.15. The van der Waals surface area contributed by atoms with Crippen molar-refractivity contribution in [2.75, 3.05) is 0 Å². The van der Waals surface area contributed by atoms with Gasteiger partial charge in [0.1, 0.15) is 5.65 Å². The molecule has 0 atom stereocenters. The van der Waals surface area contributed by atoms with Crippen LogP contribution in [0.3, 0.4) is 0 Å². The van der Waals surface area contributed by atoms with Crippen molar-refractivity contribution < 1.29 is 10.0 Å². The van der Waals surface area contributed by atoms with E-state index >= 15 is 0 Å². The molecular weight excluding hydrogens is 278 g/mol. The second-order valence-electron chi connectivity index (χ2n) is 4.91. The molecule has 2 heterocycles. The summed E-state index contributed by atoms with van der Waals surface area (Å²) in [7, 11) is 0. The quantitative estimate of drug-likeness (QED) is 0.441. The predicted octanol–water partition coefficient (Wildman–Crippen LogP) is 2.60. The Hall–Kier alpha value is -2.92. The van der Waals surface area contributed by atoms with Crippen LogP contribution in [0.1, 0.15) is 11.1 Å². The summed E-state index contributed by atoms with van der Waals surface area (Å²) in [5.74, 6) is -0.547. The average Bonchev–Trinajstić information content (AvgIpc) is 2.97. The molecule has 0 aliphatic heterocycles. The lowest BCUT2D eigenvalue weighted by molar-refractivity contribution is -0.124. The van der Waals surface area contributed by atoms with Gasteiger partial charge >= 0.3 is 0 Å². The van der Waals surface area contributed by atoms with E-state index in [0.717, 1.165) is 28.7 Å². The van der Waals surface area contributed by atoms with E-state index in [2.05, 4.69) is 9.55 Å². The number of nitrogens with one attached hydrogen (secondary N) is 1. The van der Waals surface area contributed by atoms with Crippen LogP contribution in [0.15, 0.2) is 60.9 Å². The SMILES string of the molecule is O=C(/C=C/c1ccc(Cn2ccc3cccnc32)cc1)NO. The van der Waals surface area contributed by atoms with Gasteiger partial charge in [0, 0.05) is 30.4 Å². The van der Waals surface area contributed by atoms with Crippen LogP contribution in [0.4, 0.5) is 0 Å². The molecule has 0 unspecified atom stereocenters. The number of benzene rings is 1. The Morgan fingerprint density at radius 1 is 1.23 bits per heavy atom. The van der Waals surface area contributed by atoms with Crippen molar-refractivity contribution in [1.82, 2.24) is 15.0 Å². The first kappa shape index (κ1) is 14.0. The summed E-state index contributed by atoms with van der Waals surface area (Å²) in [5, 5.41) is 9.55. The number of carbonyl (C=O) groups excluding carboxylic acids is 1. The summed E-state index contributed by atoms with van der Waals surface area (Å²) in [4.78, 5) is 15.3. The first-order valence-corrected chi connectivity index (χ1v) is 6.87. The minimum absolute atomic E-state index is 0.547. The zero-order valence-electron chi connectivity index (χ0n) is 11.8. The zero-order chi connectivity index (χ0) is 15.4. The van der Waals surface area contributed by atoms with Crippen LogP contribution in [-0.4, -0.2) is 20.7 Å². The first-order valence-electron chi connectivity index (χ1n) is 6.87. The van der Waals surface area contributed by atoms with Crippen molar-refractivity contribution in [3.05, 3.63) is 72.1 Å². The first-order chi connectivity index (χ1) is 10.8. The fourth-order valence-electron chi connectivity index (χ4n) is 2.29. The van der Waals surface area contributed by atoms with E-state index in [-0.39, 0.29) is 0 Å². The molecule has 0 aliphatic carbocycles. The highest BCUT2D eigenvalue weighted by molar-refractivity contribution is 5.90. The van der Waals surface area contributed by atoms with E-state index in [9.17, 15) is 4.79 Å². The van der Waals surface area contributed by atoms with Gasteiger partial charge in [0.05, 0.1) is 0 Å². The molecule has 5 nitrogen and oxygen atoms in total. The van der Waals surface area contributed by atoms with Gasteiger partial charge in [0.15, 0.2) is 0 Å². The molecule has 2 aromatic heterocycles. The van der Waals surface area contributed by atoms with E-state index in [1.807, 2.05) is 48.7 Å². The Labute approximate surface area is 127 Å². The fraction of sp³-hybridized carbons (Fsp3) is 0.0588. The van der Waals surface area contributed by atoms with Gasteiger partial charge in [-0.05, 0) is 35.4 Å². The molecule has 2 N–H and O–H groups in total. The Balaban J connectivity index is 1.76. The van der Waals surface area contributed by atoms with Gasteiger partial charge < -0.3 is 4.57 Å². The van der Waals surface area contributed by atoms with E-state index in [4.69, 9.17) is 5.21 Å². The van der Waals surface area contributed by atoms with Crippen LogP contribution in [0.25, 0.3) is 17.1 Å². The molecule has 3 rings (SSSR count). The average molecular weight is 293 g/mol. The number of aromatic nitrogens is 2. The van der Waals surface area contributed by atoms with Crippen molar-refractivity contribution in [2.45, 2.75) is 6.54 Å². The molecule has 1 amide bonds. The Morgan fingerprint density at radius 2 is 2.05 bits per heavy atom. The predicted molar refractivity (Wildman–Crippen MR) is 84.2 cm³/mol. The van der Waals surface area contributed by atoms with Crippen molar-refractivity contribution in [3.8, 4) is 0 Å². The van der Waals surface area contributed by atoms with Gasteiger partial charge in [-0.1, -0.05) is 24.3 Å². The summed E-state index contributed by atoms with van der Waals surface area (Å²) in [6.45, 7) is 0.738. The van der Waals surface area contributed by atoms with Gasteiger partial charge in [-0.15, -0.1) is 0 Å². The summed E-state index contributed by atoms with van der Waals surface area (Å²) in [6, 6.07) is 13.9. The summed E-state index contributed by atoms with van der Waals surface area (Å²) in [5.41, 5.74) is 4.56. The fourth-order valence-corrected chi connectivity index (χ4v) is 2.29. The number of nitrogens with zero attached hydrogens (tertiary/aromatic N) is 2. The number of fused-ring (bicyclic) bond motifs is 1. The topological polar surface area (TPSA) is 67.2 Å². The van der Waals surface area contributed by atoms with Gasteiger partial charge in [-0.2, -0.15) is 0 Å². The molecule has 22 heavy (non-hydrogen) atoms. The molecule has 3 aromatic rings. The molecule has 5 heteroatoms. The molecule has 0 saturated carbocycles. The smallest absolute Gasteiger partial charge is 0.267 e. The minimum Gasteiger partial charge on any atom is -0.328 e. The largest absolute Gasteiger partial charge is 0.328 e. The van der Waals surface area contributed by atoms with Crippen molar-refractivity contribution in [1.29, 1.82) is 0 Å². The third-order valence-electron chi connectivity index (χ3n) is 3.39. The van der Waals surface area contributed by atoms with Crippen LogP contribution in [0.5, 0.6) is 0 Å². The summed E-state index contributed by atoms with van der Waals surface area (Å²) in [6.07, 6.45) is 6.73. The van der Waals surface area contributed by atoms with E-state index in [0.29, 0.717) is 0 Å². The lowest BCUT2D eigenvalue weighted by atomic mass is 10.1. The standard InChI is InChI=1S/C17H15N3O2/c21-16(19-22)8-7-13-3-5-14(6-4-13)12-20-11-9-15-2-1-10-18-17(15)20/h1-11,22H,12H2,(H,19,21)/b8-7+. The van der Waals surface area contributed by atoms with Gasteiger partial charge in [-0.3, -0.25) is 10.0 Å². The van der Waals surface area contributed by atoms with Crippen molar-refractivity contribution >= 4 is 23.0 Å². The molecular formula is C17H15N3O2. The normalized spacial score (nSPS) is 11.1. The summed E-state index contributed by atoms with van der Waals surface area (Å²) >= 11 is 0. The highest BCUT2D eigenvalue weighted by atomic mass is 16.5. The maximum atomic E-state index is 10.9. The monoisotopic (exact) mass is 293 g/mol. The van der Waals surface area contributed by atoms with Crippen LogP contribution >= 0.6 is 0 Å². The number of hydroxylamine groups is 1. The summed E-state index contributed by atoms with van der Waals surface area (Å²) < 4.78 is 2.10. The van der Waals surface area contributed by atoms with E-state index in [1.165, 1.54) is 6.08 Å². The minimum atomic E-state index is -0.547. The third kappa shape index (κ3) is 3.05. The lowest BCUT2D eigenvalue weighted by Crippen LogP contribution is -2.14. The van der Waals surface area contributed by atoms with Gasteiger partial charge in [0.25, 0.3) is 5.91 Å². The Kier molecular flexibility index (Phi) is 3.98. The number of hydrogen-bond donors (Lipinski definition) is 2. The number of rotatable bonds is 4. The molecule has 1 aromatic carbocycles. The number of carbonyl (C=O) groups is 1. The molecule has 110 valence electrons. The van der Waals surface area contributed by atoms with Gasteiger partial charge in [0.2, 0.25) is 0 Å². The second-order valence-corrected chi connectivity index (χ2v) is 4.91.